The van der Waals surface area contributed by atoms with Crippen LogP contribution in [0.15, 0.2) is 0 Å². The lowest BCUT2D eigenvalue weighted by molar-refractivity contribution is 0.219. The van der Waals surface area contributed by atoms with Gasteiger partial charge in [0.2, 0.25) is 0 Å². The molecule has 1 aromatic heterocycles. The van der Waals surface area contributed by atoms with Gasteiger partial charge in [-0.25, -0.2) is 0 Å². The third kappa shape index (κ3) is 2.98. The van der Waals surface area contributed by atoms with Gasteiger partial charge in [-0.05, 0) is 19.8 Å². The van der Waals surface area contributed by atoms with Gasteiger partial charge in [0.25, 0.3) is 0 Å². The second-order valence-corrected chi connectivity index (χ2v) is 5.85. The molecule has 1 N–H and O–H groups in total. The molecule has 5 heteroatoms. The standard InChI is InChI=1S/C14H25N5/c1-12-16-17-14(11-18-9-7-15-8-10-18)19(12)13-5-3-2-4-6-13/h13,15H,2-11H2,1H3. The van der Waals surface area contributed by atoms with Gasteiger partial charge in [0.1, 0.15) is 11.6 Å². The van der Waals surface area contributed by atoms with Crippen LogP contribution in [0.25, 0.3) is 0 Å². The maximum Gasteiger partial charge on any atom is 0.147 e. The molecule has 0 bridgehead atoms. The molecule has 2 aliphatic rings. The number of rotatable bonds is 3. The maximum absolute atomic E-state index is 4.44. The molecule has 0 atom stereocenters. The summed E-state index contributed by atoms with van der Waals surface area (Å²) in [5.74, 6) is 2.27. The van der Waals surface area contributed by atoms with Crippen LogP contribution < -0.4 is 5.32 Å². The first kappa shape index (κ1) is 13.1. The summed E-state index contributed by atoms with van der Waals surface area (Å²) in [5.41, 5.74) is 0. The third-order valence-electron chi connectivity index (χ3n) is 4.45. The summed E-state index contributed by atoms with van der Waals surface area (Å²) in [6.07, 6.45) is 6.70. The van der Waals surface area contributed by atoms with Crippen molar-refractivity contribution in [2.24, 2.45) is 0 Å². The van der Waals surface area contributed by atoms with Crippen LogP contribution in [0.4, 0.5) is 0 Å². The minimum absolute atomic E-state index is 0.640. The van der Waals surface area contributed by atoms with Crippen molar-refractivity contribution in [1.82, 2.24) is 25.0 Å². The van der Waals surface area contributed by atoms with Crippen molar-refractivity contribution in [1.29, 1.82) is 0 Å². The molecule has 106 valence electrons. The molecule has 0 spiro atoms. The van der Waals surface area contributed by atoms with Gasteiger partial charge in [0.15, 0.2) is 0 Å². The molecule has 2 heterocycles. The first-order valence-electron chi connectivity index (χ1n) is 7.68. The highest BCUT2D eigenvalue weighted by Crippen LogP contribution is 2.30. The molecule has 19 heavy (non-hydrogen) atoms. The minimum atomic E-state index is 0.640. The van der Waals surface area contributed by atoms with Crippen LogP contribution in [-0.4, -0.2) is 45.8 Å². The van der Waals surface area contributed by atoms with E-state index in [0.29, 0.717) is 6.04 Å². The highest BCUT2D eigenvalue weighted by atomic mass is 15.3. The summed E-state index contributed by atoms with van der Waals surface area (Å²) in [7, 11) is 0. The number of aryl methyl sites for hydroxylation is 1. The molecule has 0 amide bonds. The largest absolute Gasteiger partial charge is 0.314 e. The minimum Gasteiger partial charge on any atom is -0.314 e. The Kier molecular flexibility index (Phi) is 4.13. The second kappa shape index (κ2) is 6.01. The van der Waals surface area contributed by atoms with Crippen molar-refractivity contribution < 1.29 is 0 Å². The van der Waals surface area contributed by atoms with E-state index >= 15 is 0 Å². The second-order valence-electron chi connectivity index (χ2n) is 5.85. The molecule has 1 aliphatic heterocycles. The Balaban J connectivity index is 1.73. The molecule has 1 saturated heterocycles. The zero-order valence-electron chi connectivity index (χ0n) is 11.9. The van der Waals surface area contributed by atoms with Crippen molar-refractivity contribution in [3.8, 4) is 0 Å². The van der Waals surface area contributed by atoms with Crippen LogP contribution >= 0.6 is 0 Å². The Morgan fingerprint density at radius 1 is 1.11 bits per heavy atom. The molecule has 5 nitrogen and oxygen atoms in total. The molecule has 1 aromatic rings. The fraction of sp³-hybridized carbons (Fsp3) is 0.857. The number of nitrogens with zero attached hydrogens (tertiary/aromatic N) is 4. The van der Waals surface area contributed by atoms with Crippen molar-refractivity contribution >= 4 is 0 Å². The van der Waals surface area contributed by atoms with Crippen molar-refractivity contribution in [2.45, 2.75) is 51.6 Å². The molecule has 3 rings (SSSR count). The van der Waals surface area contributed by atoms with Gasteiger partial charge in [-0.15, -0.1) is 10.2 Å². The first-order chi connectivity index (χ1) is 9.34. The summed E-state index contributed by atoms with van der Waals surface area (Å²) in [4.78, 5) is 2.49. The summed E-state index contributed by atoms with van der Waals surface area (Å²) in [6.45, 7) is 7.49. The van der Waals surface area contributed by atoms with Gasteiger partial charge in [0.05, 0.1) is 6.54 Å². The molecular weight excluding hydrogens is 238 g/mol. The van der Waals surface area contributed by atoms with E-state index in [2.05, 4.69) is 31.9 Å². The normalized spacial score (nSPS) is 22.8. The van der Waals surface area contributed by atoms with Crippen LogP contribution in [0.2, 0.25) is 0 Å². The van der Waals surface area contributed by atoms with E-state index in [1.54, 1.807) is 0 Å². The van der Waals surface area contributed by atoms with Gasteiger partial charge < -0.3 is 9.88 Å². The number of nitrogens with one attached hydrogen (secondary N) is 1. The predicted octanol–water partition coefficient (Wildman–Crippen LogP) is 1.50. The van der Waals surface area contributed by atoms with Crippen molar-refractivity contribution in [3.05, 3.63) is 11.6 Å². The summed E-state index contributed by atoms with van der Waals surface area (Å²) >= 11 is 0. The molecule has 0 radical (unpaired) electrons. The summed E-state index contributed by atoms with van der Waals surface area (Å²) < 4.78 is 2.42. The Hall–Kier alpha value is -0.940. The monoisotopic (exact) mass is 263 g/mol. The Labute approximate surface area is 115 Å². The molecule has 0 unspecified atom stereocenters. The van der Waals surface area contributed by atoms with Gasteiger partial charge in [0, 0.05) is 32.2 Å². The van der Waals surface area contributed by atoms with Crippen LogP contribution in [0.3, 0.4) is 0 Å². The summed E-state index contributed by atoms with van der Waals surface area (Å²) in [6, 6.07) is 0.640. The van der Waals surface area contributed by atoms with Crippen LogP contribution in [0.5, 0.6) is 0 Å². The Bertz CT molecular complexity index is 402. The fourth-order valence-electron chi connectivity index (χ4n) is 3.40. The van der Waals surface area contributed by atoms with Crippen molar-refractivity contribution in [3.63, 3.8) is 0 Å². The number of piperazine rings is 1. The Morgan fingerprint density at radius 2 is 1.84 bits per heavy atom. The third-order valence-corrected chi connectivity index (χ3v) is 4.45. The lowest BCUT2D eigenvalue weighted by atomic mass is 9.95. The van der Waals surface area contributed by atoms with Gasteiger partial charge >= 0.3 is 0 Å². The van der Waals surface area contributed by atoms with E-state index in [9.17, 15) is 0 Å². The smallest absolute Gasteiger partial charge is 0.147 e. The number of hydrogen-bond donors (Lipinski definition) is 1. The predicted molar refractivity (Wildman–Crippen MR) is 75.0 cm³/mol. The maximum atomic E-state index is 4.44. The van der Waals surface area contributed by atoms with Gasteiger partial charge in [-0.3, -0.25) is 4.90 Å². The quantitative estimate of drug-likeness (QED) is 0.897. The average Bonchev–Trinajstić information content (AvgIpc) is 2.82. The van der Waals surface area contributed by atoms with Crippen LogP contribution in [0, 0.1) is 6.92 Å². The summed E-state index contributed by atoms with van der Waals surface area (Å²) in [5, 5.41) is 12.2. The number of aromatic nitrogens is 3. The first-order valence-corrected chi connectivity index (χ1v) is 7.68. The van der Waals surface area contributed by atoms with Crippen LogP contribution in [0.1, 0.15) is 49.8 Å². The molecular formula is C14H25N5. The lowest BCUT2D eigenvalue weighted by Crippen LogP contribution is -2.43. The SMILES string of the molecule is Cc1nnc(CN2CCNCC2)n1C1CCCCC1. The van der Waals surface area contributed by atoms with E-state index in [1.165, 1.54) is 37.9 Å². The molecule has 2 fully saturated rings. The van der Waals surface area contributed by atoms with E-state index < -0.39 is 0 Å². The van der Waals surface area contributed by atoms with Gasteiger partial charge in [-0.2, -0.15) is 0 Å². The van der Waals surface area contributed by atoms with Gasteiger partial charge in [-0.1, -0.05) is 19.3 Å². The molecule has 0 aromatic carbocycles. The Morgan fingerprint density at radius 3 is 2.58 bits per heavy atom. The molecule has 1 aliphatic carbocycles. The van der Waals surface area contributed by atoms with E-state index in [1.807, 2.05) is 0 Å². The average molecular weight is 263 g/mol. The lowest BCUT2D eigenvalue weighted by Gasteiger charge is -2.29. The van der Waals surface area contributed by atoms with E-state index in [0.717, 1.165) is 38.5 Å². The van der Waals surface area contributed by atoms with E-state index in [-0.39, 0.29) is 0 Å². The zero-order valence-corrected chi connectivity index (χ0v) is 11.9. The highest BCUT2D eigenvalue weighted by Gasteiger charge is 2.22. The highest BCUT2D eigenvalue weighted by molar-refractivity contribution is 4.98. The van der Waals surface area contributed by atoms with E-state index in [4.69, 9.17) is 0 Å². The molecule has 1 saturated carbocycles. The zero-order chi connectivity index (χ0) is 13.1. The number of hydrogen-bond acceptors (Lipinski definition) is 4. The van der Waals surface area contributed by atoms with Crippen LogP contribution in [-0.2, 0) is 6.54 Å². The fourth-order valence-corrected chi connectivity index (χ4v) is 3.40. The topological polar surface area (TPSA) is 46.0 Å². The van der Waals surface area contributed by atoms with Crippen molar-refractivity contribution in [2.75, 3.05) is 26.2 Å².